The van der Waals surface area contributed by atoms with Crippen molar-refractivity contribution in [2.75, 3.05) is 4.72 Å². The van der Waals surface area contributed by atoms with Crippen molar-refractivity contribution in [1.82, 2.24) is 10.3 Å². The summed E-state index contributed by atoms with van der Waals surface area (Å²) in [6.45, 7) is 4.04. The monoisotopic (exact) mass is 350 g/mol. The molecule has 0 aliphatic carbocycles. The van der Waals surface area contributed by atoms with E-state index in [1.54, 1.807) is 6.20 Å². The summed E-state index contributed by atoms with van der Waals surface area (Å²) in [6, 6.07) is 14.2. The van der Waals surface area contributed by atoms with E-state index in [0.29, 0.717) is 12.1 Å². The van der Waals surface area contributed by atoms with Crippen LogP contribution in [0.5, 0.6) is 0 Å². The van der Waals surface area contributed by atoms with Gasteiger partial charge in [-0.3, -0.25) is 4.79 Å². The fraction of sp³-hybridized carbons (Fsp3) is 0.158. The molecular formula is C19H18N4OS. The maximum atomic E-state index is 10.9. The Morgan fingerprint density at radius 3 is 2.68 bits per heavy atom. The number of nitrogens with one attached hydrogen (secondary N) is 3. The summed E-state index contributed by atoms with van der Waals surface area (Å²) in [6.07, 6.45) is 1.74. The number of aromatic nitrogens is 1. The number of nitrogens with zero attached hydrogens (tertiary/aromatic N) is 1. The van der Waals surface area contributed by atoms with Crippen LogP contribution in [0.3, 0.4) is 0 Å². The van der Waals surface area contributed by atoms with E-state index in [1.807, 2.05) is 43.3 Å². The van der Waals surface area contributed by atoms with Crippen LogP contribution < -0.4 is 10.0 Å². The number of hydrogen-bond acceptors (Lipinski definition) is 4. The molecule has 1 amide bonds. The Hall–Kier alpha value is -2.91. The molecule has 0 bridgehead atoms. The SMILES string of the molecule is CC(=O)NCc1ccc(SNc2ccc(C)c3c(C#N)c[nH]c23)cc1. The van der Waals surface area contributed by atoms with Crippen molar-refractivity contribution in [2.24, 2.45) is 0 Å². The van der Waals surface area contributed by atoms with Gasteiger partial charge in [0.15, 0.2) is 0 Å². The van der Waals surface area contributed by atoms with Gasteiger partial charge in [-0.05, 0) is 48.2 Å². The molecule has 1 aromatic heterocycles. The summed E-state index contributed by atoms with van der Waals surface area (Å²) in [5.74, 6) is -0.0359. The first-order valence-corrected chi connectivity index (χ1v) is 8.67. The van der Waals surface area contributed by atoms with E-state index in [0.717, 1.165) is 32.6 Å². The minimum atomic E-state index is -0.0359. The van der Waals surface area contributed by atoms with Gasteiger partial charge in [-0.15, -0.1) is 0 Å². The van der Waals surface area contributed by atoms with E-state index in [2.05, 4.69) is 21.1 Å². The van der Waals surface area contributed by atoms with Gasteiger partial charge in [0.25, 0.3) is 0 Å². The molecule has 0 aliphatic heterocycles. The van der Waals surface area contributed by atoms with Gasteiger partial charge in [0.2, 0.25) is 5.91 Å². The van der Waals surface area contributed by atoms with E-state index < -0.39 is 0 Å². The van der Waals surface area contributed by atoms with Gasteiger partial charge in [-0.1, -0.05) is 18.2 Å². The third-order valence-electron chi connectivity index (χ3n) is 3.91. The van der Waals surface area contributed by atoms with Crippen LogP contribution in [-0.4, -0.2) is 10.9 Å². The lowest BCUT2D eigenvalue weighted by Gasteiger charge is -2.09. The average Bonchev–Trinajstić information content (AvgIpc) is 3.05. The Morgan fingerprint density at radius 1 is 1.24 bits per heavy atom. The fourth-order valence-corrected chi connectivity index (χ4v) is 3.28. The highest BCUT2D eigenvalue weighted by molar-refractivity contribution is 8.00. The standard InChI is InChI=1S/C19H18N4OS/c1-12-3-8-17(19-18(12)15(9-20)11-22-19)23-25-16-6-4-14(5-7-16)10-21-13(2)24/h3-8,11,22-23H,10H2,1-2H3,(H,21,24). The van der Waals surface area contributed by atoms with Crippen molar-refractivity contribution < 1.29 is 4.79 Å². The molecule has 0 atom stereocenters. The van der Waals surface area contributed by atoms with Crippen LogP contribution >= 0.6 is 11.9 Å². The highest BCUT2D eigenvalue weighted by Gasteiger charge is 2.10. The first-order chi connectivity index (χ1) is 12.1. The van der Waals surface area contributed by atoms with Crippen LogP contribution in [0.2, 0.25) is 0 Å². The zero-order valence-electron chi connectivity index (χ0n) is 14.0. The highest BCUT2D eigenvalue weighted by Crippen LogP contribution is 2.31. The number of amides is 1. The first kappa shape index (κ1) is 16.9. The molecule has 0 aliphatic rings. The lowest BCUT2D eigenvalue weighted by Crippen LogP contribution is -2.18. The number of benzene rings is 2. The Labute approximate surface area is 150 Å². The normalized spacial score (nSPS) is 10.4. The van der Waals surface area contributed by atoms with Crippen molar-refractivity contribution in [3.05, 3.63) is 59.3 Å². The molecule has 0 unspecified atom stereocenters. The molecule has 1 heterocycles. The van der Waals surface area contributed by atoms with E-state index in [1.165, 1.54) is 18.9 Å². The Balaban J connectivity index is 1.73. The number of carbonyl (C=O) groups is 1. The van der Waals surface area contributed by atoms with Crippen LogP contribution in [0, 0.1) is 18.3 Å². The van der Waals surface area contributed by atoms with Crippen molar-refractivity contribution in [1.29, 1.82) is 5.26 Å². The largest absolute Gasteiger partial charge is 0.358 e. The molecule has 0 spiro atoms. The van der Waals surface area contributed by atoms with Crippen LogP contribution in [-0.2, 0) is 11.3 Å². The topological polar surface area (TPSA) is 80.7 Å². The molecule has 25 heavy (non-hydrogen) atoms. The third kappa shape index (κ3) is 3.78. The van der Waals surface area contributed by atoms with E-state index in [4.69, 9.17) is 0 Å². The first-order valence-electron chi connectivity index (χ1n) is 7.85. The Kier molecular flexibility index (Phi) is 4.96. The molecule has 6 heteroatoms. The number of aromatic amines is 1. The molecule has 3 rings (SSSR count). The number of anilines is 1. The van der Waals surface area contributed by atoms with Gasteiger partial charge in [0, 0.05) is 29.9 Å². The molecule has 3 aromatic rings. The molecule has 126 valence electrons. The Morgan fingerprint density at radius 2 is 2.00 bits per heavy atom. The fourth-order valence-electron chi connectivity index (χ4n) is 2.61. The van der Waals surface area contributed by atoms with Crippen molar-refractivity contribution in [3.63, 3.8) is 0 Å². The second-order valence-electron chi connectivity index (χ2n) is 5.75. The van der Waals surface area contributed by atoms with E-state index in [-0.39, 0.29) is 5.91 Å². The summed E-state index contributed by atoms with van der Waals surface area (Å²) in [5, 5.41) is 13.0. The number of H-pyrrole nitrogens is 1. The van der Waals surface area contributed by atoms with Crippen LogP contribution in [0.25, 0.3) is 10.9 Å². The summed E-state index contributed by atoms with van der Waals surface area (Å²) >= 11 is 1.50. The predicted octanol–water partition coefficient (Wildman–Crippen LogP) is 4.10. The van der Waals surface area contributed by atoms with Crippen LogP contribution in [0.15, 0.2) is 47.5 Å². The number of nitriles is 1. The molecule has 0 fully saturated rings. The third-order valence-corrected chi connectivity index (χ3v) is 4.74. The maximum absolute atomic E-state index is 10.9. The van der Waals surface area contributed by atoms with Gasteiger partial charge in [0.1, 0.15) is 6.07 Å². The van der Waals surface area contributed by atoms with Gasteiger partial charge < -0.3 is 15.0 Å². The second-order valence-corrected chi connectivity index (χ2v) is 6.63. The summed E-state index contributed by atoms with van der Waals surface area (Å²) in [7, 11) is 0. The quantitative estimate of drug-likeness (QED) is 0.605. The molecular weight excluding hydrogens is 332 g/mol. The smallest absolute Gasteiger partial charge is 0.217 e. The summed E-state index contributed by atoms with van der Waals surface area (Å²) < 4.78 is 3.34. The summed E-state index contributed by atoms with van der Waals surface area (Å²) in [4.78, 5) is 15.2. The van der Waals surface area contributed by atoms with Crippen molar-refractivity contribution in [2.45, 2.75) is 25.3 Å². The lowest BCUT2D eigenvalue weighted by atomic mass is 10.1. The second kappa shape index (κ2) is 7.32. The number of rotatable bonds is 5. The molecule has 0 saturated carbocycles. The van der Waals surface area contributed by atoms with E-state index in [9.17, 15) is 10.1 Å². The zero-order valence-corrected chi connectivity index (χ0v) is 14.8. The Bertz CT molecular complexity index is 954. The van der Waals surface area contributed by atoms with Gasteiger partial charge in [0.05, 0.1) is 16.8 Å². The van der Waals surface area contributed by atoms with Crippen LogP contribution in [0.4, 0.5) is 5.69 Å². The molecule has 2 aromatic carbocycles. The minimum Gasteiger partial charge on any atom is -0.358 e. The van der Waals surface area contributed by atoms with Gasteiger partial charge >= 0.3 is 0 Å². The average molecular weight is 350 g/mol. The van der Waals surface area contributed by atoms with Crippen molar-refractivity contribution >= 4 is 34.4 Å². The van der Waals surface area contributed by atoms with Gasteiger partial charge in [-0.25, -0.2) is 0 Å². The number of carbonyl (C=O) groups excluding carboxylic acids is 1. The predicted molar refractivity (Wildman–Crippen MR) is 101 cm³/mol. The molecule has 5 nitrogen and oxygen atoms in total. The van der Waals surface area contributed by atoms with Gasteiger partial charge in [-0.2, -0.15) is 5.26 Å². The molecule has 3 N–H and O–H groups in total. The zero-order chi connectivity index (χ0) is 17.8. The maximum Gasteiger partial charge on any atom is 0.217 e. The number of aryl methyl sites for hydroxylation is 1. The number of hydrogen-bond donors (Lipinski definition) is 3. The van der Waals surface area contributed by atoms with Crippen molar-refractivity contribution in [3.8, 4) is 6.07 Å². The van der Waals surface area contributed by atoms with Crippen LogP contribution in [0.1, 0.15) is 23.6 Å². The lowest BCUT2D eigenvalue weighted by molar-refractivity contribution is -0.119. The summed E-state index contributed by atoms with van der Waals surface area (Å²) in [5.41, 5.74) is 4.66. The highest BCUT2D eigenvalue weighted by atomic mass is 32.2. The van der Waals surface area contributed by atoms with E-state index >= 15 is 0 Å². The molecule has 0 saturated heterocycles. The minimum absolute atomic E-state index is 0.0359. The molecule has 0 radical (unpaired) electrons. The number of fused-ring (bicyclic) bond motifs is 1.